The Hall–Kier alpha value is 0.0374. The van der Waals surface area contributed by atoms with Crippen LogP contribution in [0.1, 0.15) is 4.88 Å². The van der Waals surface area contributed by atoms with Crippen LogP contribution < -0.4 is 0 Å². The van der Waals surface area contributed by atoms with Crippen LogP contribution in [-0.2, 0) is 6.42 Å². The van der Waals surface area contributed by atoms with Crippen LogP contribution in [0.15, 0.2) is 30.2 Å². The average Bonchev–Trinajstić information content (AvgIpc) is 2.19. The summed E-state index contributed by atoms with van der Waals surface area (Å²) in [4.78, 5) is 1.39. The van der Waals surface area contributed by atoms with Crippen molar-refractivity contribution in [3.05, 3.63) is 35.0 Å². The number of hydrogen-bond acceptors (Lipinski definition) is 1. The van der Waals surface area contributed by atoms with Crippen LogP contribution in [0.2, 0.25) is 0 Å². The van der Waals surface area contributed by atoms with Gasteiger partial charge in [0.25, 0.3) is 0 Å². The van der Waals surface area contributed by atoms with Crippen LogP contribution in [0.4, 0.5) is 0 Å². The molecule has 1 rings (SSSR count). The molecule has 0 aliphatic rings. The van der Waals surface area contributed by atoms with Gasteiger partial charge in [0, 0.05) is 4.88 Å². The van der Waals surface area contributed by atoms with Crippen LogP contribution in [0.5, 0.6) is 0 Å². The molecule has 0 radical (unpaired) electrons. The van der Waals surface area contributed by atoms with Gasteiger partial charge in [0.1, 0.15) is 0 Å². The molecular weight excluding hydrogens is 123 g/mol. The van der Waals surface area contributed by atoms with E-state index in [2.05, 4.69) is 24.1 Å². The van der Waals surface area contributed by atoms with Crippen molar-refractivity contribution in [2.24, 2.45) is 0 Å². The fourth-order valence-corrected chi connectivity index (χ4v) is 1.27. The fraction of sp³-hybridized carbons (Fsp3) is 0.143. The molecule has 0 nitrogen and oxygen atoms in total. The van der Waals surface area contributed by atoms with Crippen molar-refractivity contribution in [2.75, 3.05) is 0 Å². The first-order valence-corrected chi connectivity index (χ1v) is 3.44. The van der Waals surface area contributed by atoms with Gasteiger partial charge in [-0.25, -0.2) is 0 Å². The third-order valence-electron chi connectivity index (χ3n) is 0.926. The number of rotatable bonds is 2. The maximum absolute atomic E-state index is 3.64. The summed E-state index contributed by atoms with van der Waals surface area (Å²) in [5, 5.41) is 2.08. The van der Waals surface area contributed by atoms with Crippen LogP contribution in [0.3, 0.4) is 0 Å². The van der Waals surface area contributed by atoms with E-state index in [9.17, 15) is 0 Å². The summed E-state index contributed by atoms with van der Waals surface area (Å²) >= 11 is 1.78. The van der Waals surface area contributed by atoms with Crippen LogP contribution in [0, 0.1) is 0 Å². The van der Waals surface area contributed by atoms with Crippen LogP contribution in [0.25, 0.3) is 0 Å². The zero-order valence-corrected chi connectivity index (χ0v) is 5.45. The van der Waals surface area contributed by atoms with E-state index in [0.717, 1.165) is 6.42 Å². The zero-order valence-electron chi connectivity index (χ0n) is 4.63. The normalized spacial score (nSPS) is 8.00. The summed E-state index contributed by atoms with van der Waals surface area (Å²) in [6.07, 6.45) is 2.93. The van der Waals surface area contributed by atoms with Gasteiger partial charge in [0.05, 0.1) is 0 Å². The van der Waals surface area contributed by atoms with Gasteiger partial charge in [-0.15, -0.1) is 17.9 Å². The van der Waals surface area contributed by atoms with Gasteiger partial charge in [-0.1, -0.05) is 12.1 Å². The second-order valence-corrected chi connectivity index (χ2v) is 2.60. The third kappa shape index (κ3) is 2.91. The van der Waals surface area contributed by atoms with E-state index in [1.807, 2.05) is 6.08 Å². The monoisotopic (exact) mass is 132 g/mol. The van der Waals surface area contributed by atoms with E-state index < -0.39 is 0 Å². The number of allylic oxidation sites excluding steroid dienone is 1. The van der Waals surface area contributed by atoms with Gasteiger partial charge in [0.2, 0.25) is 0 Å². The topological polar surface area (TPSA) is 0 Å². The Morgan fingerprint density at radius 1 is 1.67 bits per heavy atom. The van der Waals surface area contributed by atoms with Gasteiger partial charge >= 0.3 is 18.9 Å². The van der Waals surface area contributed by atoms with Crippen molar-refractivity contribution in [2.45, 2.75) is 6.42 Å². The van der Waals surface area contributed by atoms with Gasteiger partial charge in [0.15, 0.2) is 0 Å². The van der Waals surface area contributed by atoms with Crippen molar-refractivity contribution in [1.82, 2.24) is 0 Å². The molecule has 0 aliphatic heterocycles. The minimum atomic E-state index is 0. The summed E-state index contributed by atoms with van der Waals surface area (Å²) in [5.74, 6) is 0. The van der Waals surface area contributed by atoms with Crippen LogP contribution in [-0.4, -0.2) is 18.9 Å². The van der Waals surface area contributed by atoms with Gasteiger partial charge < -0.3 is 0 Å². The molecule has 0 spiro atoms. The molecule has 0 N–H and O–H groups in total. The Balaban J connectivity index is 0.000000640. The molecule has 0 amide bonds. The maximum atomic E-state index is 3.64. The van der Waals surface area contributed by atoms with Gasteiger partial charge in [-0.05, 0) is 17.9 Å². The zero-order chi connectivity index (χ0) is 5.82. The quantitative estimate of drug-likeness (QED) is 0.425. The Morgan fingerprint density at radius 3 is 2.89 bits per heavy atom. The van der Waals surface area contributed by atoms with E-state index in [-0.39, 0.29) is 18.9 Å². The predicted octanol–water partition coefficient (Wildman–Crippen LogP) is 1.83. The van der Waals surface area contributed by atoms with Crippen molar-refractivity contribution >= 4 is 30.2 Å². The predicted molar refractivity (Wildman–Crippen MR) is 45.4 cm³/mol. The number of thiophene rings is 1. The van der Waals surface area contributed by atoms with Gasteiger partial charge in [-0.2, -0.15) is 0 Å². The summed E-state index contributed by atoms with van der Waals surface area (Å²) < 4.78 is 0. The number of hydrogen-bond donors (Lipinski definition) is 0. The van der Waals surface area contributed by atoms with Crippen molar-refractivity contribution in [3.63, 3.8) is 0 Å². The summed E-state index contributed by atoms with van der Waals surface area (Å²) in [5.41, 5.74) is 0. The molecular formula is C7H9LiS. The van der Waals surface area contributed by atoms with Crippen molar-refractivity contribution in [1.29, 1.82) is 0 Å². The molecule has 0 unspecified atom stereocenters. The minimum absolute atomic E-state index is 0. The molecule has 0 fully saturated rings. The molecule has 0 bridgehead atoms. The van der Waals surface area contributed by atoms with Crippen molar-refractivity contribution in [3.8, 4) is 0 Å². The van der Waals surface area contributed by atoms with Crippen molar-refractivity contribution < 1.29 is 0 Å². The molecule has 0 saturated carbocycles. The average molecular weight is 132 g/mol. The van der Waals surface area contributed by atoms with Gasteiger partial charge in [-0.3, -0.25) is 0 Å². The standard InChI is InChI=1S/C7H8S.Li.H/c1-2-4-7-5-3-6-8-7;;/h2-3,5-6H,1,4H2;;. The molecule has 1 heterocycles. The molecule has 2 heteroatoms. The third-order valence-corrected chi connectivity index (χ3v) is 1.82. The molecule has 1 aromatic rings. The van der Waals surface area contributed by atoms with E-state index in [1.54, 1.807) is 11.3 Å². The molecule has 0 saturated heterocycles. The Labute approximate surface area is 71.8 Å². The van der Waals surface area contributed by atoms with E-state index in [0.29, 0.717) is 0 Å². The summed E-state index contributed by atoms with van der Waals surface area (Å²) in [7, 11) is 0. The second-order valence-electron chi connectivity index (χ2n) is 1.57. The van der Waals surface area contributed by atoms with Crippen LogP contribution >= 0.6 is 11.3 Å². The molecule has 44 valence electrons. The Kier molecular flexibility index (Phi) is 4.89. The molecule has 9 heavy (non-hydrogen) atoms. The first-order chi connectivity index (χ1) is 3.93. The molecule has 0 aromatic carbocycles. The van der Waals surface area contributed by atoms with E-state index >= 15 is 0 Å². The molecule has 1 aromatic heterocycles. The summed E-state index contributed by atoms with van der Waals surface area (Å²) in [6.45, 7) is 3.64. The molecule has 0 aliphatic carbocycles. The second kappa shape index (κ2) is 4.87. The SMILES string of the molecule is C=CCc1cccs1.[LiH]. The van der Waals surface area contributed by atoms with E-state index in [4.69, 9.17) is 0 Å². The Bertz CT molecular complexity index is 155. The molecule has 0 atom stereocenters. The first-order valence-electron chi connectivity index (χ1n) is 2.57. The first kappa shape index (κ1) is 9.04. The van der Waals surface area contributed by atoms with E-state index in [1.165, 1.54) is 4.88 Å². The Morgan fingerprint density at radius 2 is 2.44 bits per heavy atom. The fourth-order valence-electron chi connectivity index (χ4n) is 0.571. The summed E-state index contributed by atoms with van der Waals surface area (Å²) in [6, 6.07) is 4.18.